The van der Waals surface area contributed by atoms with E-state index in [1.54, 1.807) is 12.1 Å². The van der Waals surface area contributed by atoms with Crippen LogP contribution >= 0.6 is 0 Å². The summed E-state index contributed by atoms with van der Waals surface area (Å²) in [5, 5.41) is 9.58. The number of hydrogen-bond donors (Lipinski definition) is 1. The summed E-state index contributed by atoms with van der Waals surface area (Å²) < 4.78 is 2.16. The molecule has 3 rings (SSSR count). The highest BCUT2D eigenvalue weighted by Gasteiger charge is 2.14. The first kappa shape index (κ1) is 10.0. The minimum atomic E-state index is 0.275. The molecule has 0 aliphatic carbocycles. The Morgan fingerprint density at radius 3 is 2.65 bits per heavy atom. The summed E-state index contributed by atoms with van der Waals surface area (Å²) in [5.74, 6) is 0.275. The van der Waals surface area contributed by atoms with Crippen molar-refractivity contribution in [3.63, 3.8) is 0 Å². The molecule has 0 atom stereocenters. The van der Waals surface area contributed by atoms with Gasteiger partial charge in [0.15, 0.2) is 0 Å². The minimum absolute atomic E-state index is 0.275. The van der Waals surface area contributed by atoms with Gasteiger partial charge in [0.05, 0.1) is 6.07 Å². The fraction of sp³-hybridized carbons (Fsp3) is 0.143. The van der Waals surface area contributed by atoms with E-state index in [-0.39, 0.29) is 5.75 Å². The lowest BCUT2D eigenvalue weighted by Gasteiger charge is -2.03. The normalized spacial score (nSPS) is 11.1. The number of hydrogen-bond acceptors (Lipinski definition) is 2. The number of aromatic nitrogens is 2. The van der Waals surface area contributed by atoms with Crippen LogP contribution in [0.3, 0.4) is 0 Å². The molecule has 0 saturated carbocycles. The topological polar surface area (TPSA) is 37.0 Å². The van der Waals surface area contributed by atoms with Crippen LogP contribution in [0.4, 0.5) is 0 Å². The molecule has 0 radical (unpaired) electrons. The van der Waals surface area contributed by atoms with Gasteiger partial charge in [0, 0.05) is 6.07 Å². The summed E-state index contributed by atoms with van der Waals surface area (Å²) in [6, 6.07) is 13.3. The van der Waals surface area contributed by atoms with Crippen LogP contribution in [0.2, 0.25) is 0 Å². The Bertz CT molecular complexity index is 707. The largest absolute Gasteiger partial charge is 0.508 e. The lowest BCUT2D eigenvalue weighted by atomic mass is 10.2. The van der Waals surface area contributed by atoms with Crippen molar-refractivity contribution in [3.05, 3.63) is 42.5 Å². The summed E-state index contributed by atoms with van der Waals surface area (Å²) in [7, 11) is 0. The van der Waals surface area contributed by atoms with Crippen molar-refractivity contribution in [2.45, 2.75) is 13.5 Å². The van der Waals surface area contributed by atoms with E-state index in [1.165, 1.54) is 0 Å². The number of aromatic hydroxyl groups is 1. The Hall–Kier alpha value is -2.16. The van der Waals surface area contributed by atoms with E-state index in [0.717, 1.165) is 28.6 Å². The standard InChI is InChI=1S/C14H12N2O/c1-2-16-13-6-4-3-5-11(13)15-12-8-7-10(17)9-14(12)16/h3-9H,2H2,1H3/p+1. The quantitative estimate of drug-likeness (QED) is 0.510. The van der Waals surface area contributed by atoms with Gasteiger partial charge in [-0.1, -0.05) is 12.1 Å². The number of rotatable bonds is 1. The van der Waals surface area contributed by atoms with Gasteiger partial charge in [0.2, 0.25) is 11.0 Å². The Balaban J connectivity index is 2.54. The Kier molecular flexibility index (Phi) is 2.18. The molecule has 0 fully saturated rings. The minimum Gasteiger partial charge on any atom is -0.508 e. The number of nitrogens with zero attached hydrogens (tertiary/aromatic N) is 2. The fourth-order valence-electron chi connectivity index (χ4n) is 2.21. The lowest BCUT2D eigenvalue weighted by molar-refractivity contribution is -0.641. The zero-order valence-corrected chi connectivity index (χ0v) is 9.59. The molecule has 0 amide bonds. The summed E-state index contributed by atoms with van der Waals surface area (Å²) in [6.07, 6.45) is 0. The number of phenolic OH excluding ortho intramolecular Hbond substituents is 1. The van der Waals surface area contributed by atoms with Crippen molar-refractivity contribution in [1.29, 1.82) is 0 Å². The van der Waals surface area contributed by atoms with Crippen molar-refractivity contribution in [2.75, 3.05) is 0 Å². The molecule has 84 valence electrons. The van der Waals surface area contributed by atoms with Crippen LogP contribution in [0.15, 0.2) is 42.5 Å². The highest BCUT2D eigenvalue weighted by Crippen LogP contribution is 2.18. The third-order valence-corrected chi connectivity index (χ3v) is 2.98. The van der Waals surface area contributed by atoms with Crippen LogP contribution in [0, 0.1) is 0 Å². The Labute approximate surface area is 99.0 Å². The maximum Gasteiger partial charge on any atom is 0.235 e. The number of phenols is 1. The molecule has 0 bridgehead atoms. The van der Waals surface area contributed by atoms with E-state index in [1.807, 2.05) is 24.3 Å². The molecule has 1 heterocycles. The average molecular weight is 225 g/mol. The van der Waals surface area contributed by atoms with Gasteiger partial charge in [0.1, 0.15) is 23.3 Å². The maximum absolute atomic E-state index is 9.58. The summed E-state index contributed by atoms with van der Waals surface area (Å²) in [4.78, 5) is 4.60. The first-order valence-corrected chi connectivity index (χ1v) is 5.71. The second kappa shape index (κ2) is 3.70. The van der Waals surface area contributed by atoms with Gasteiger partial charge in [-0.15, -0.1) is 0 Å². The molecule has 3 heteroatoms. The van der Waals surface area contributed by atoms with Crippen LogP contribution < -0.4 is 4.57 Å². The van der Waals surface area contributed by atoms with Crippen molar-refractivity contribution in [1.82, 2.24) is 4.98 Å². The van der Waals surface area contributed by atoms with Gasteiger partial charge in [-0.05, 0) is 25.1 Å². The third kappa shape index (κ3) is 1.51. The molecular weight excluding hydrogens is 212 g/mol. The maximum atomic E-state index is 9.58. The Morgan fingerprint density at radius 1 is 1.06 bits per heavy atom. The summed E-state index contributed by atoms with van der Waals surface area (Å²) in [5.41, 5.74) is 3.94. The first-order chi connectivity index (χ1) is 8.29. The van der Waals surface area contributed by atoms with E-state index in [4.69, 9.17) is 0 Å². The molecule has 3 nitrogen and oxygen atoms in total. The van der Waals surface area contributed by atoms with Crippen LogP contribution in [0.1, 0.15) is 6.92 Å². The SMILES string of the molecule is CC[n+]1c2ccccc2nc2ccc(O)cc21. The zero-order valence-electron chi connectivity index (χ0n) is 9.59. The van der Waals surface area contributed by atoms with Gasteiger partial charge in [-0.2, -0.15) is 4.57 Å². The molecule has 0 aliphatic rings. The molecule has 0 aliphatic heterocycles. The second-order valence-electron chi connectivity index (χ2n) is 4.02. The van der Waals surface area contributed by atoms with Gasteiger partial charge >= 0.3 is 0 Å². The average Bonchev–Trinajstić information content (AvgIpc) is 2.36. The number of benzene rings is 2. The molecule has 0 saturated heterocycles. The van der Waals surface area contributed by atoms with E-state index in [0.29, 0.717) is 0 Å². The number of fused-ring (bicyclic) bond motifs is 2. The predicted octanol–water partition coefficient (Wildman–Crippen LogP) is 2.40. The van der Waals surface area contributed by atoms with Gasteiger partial charge in [0.25, 0.3) is 0 Å². The van der Waals surface area contributed by atoms with E-state index < -0.39 is 0 Å². The molecule has 0 spiro atoms. The number of para-hydroxylation sites is 2. The van der Waals surface area contributed by atoms with Crippen molar-refractivity contribution >= 4 is 22.1 Å². The van der Waals surface area contributed by atoms with Crippen LogP contribution in [-0.4, -0.2) is 10.1 Å². The molecule has 1 aromatic heterocycles. The lowest BCUT2D eigenvalue weighted by Crippen LogP contribution is -2.34. The molecule has 2 aromatic carbocycles. The monoisotopic (exact) mass is 225 g/mol. The Morgan fingerprint density at radius 2 is 1.82 bits per heavy atom. The highest BCUT2D eigenvalue weighted by atomic mass is 16.3. The highest BCUT2D eigenvalue weighted by molar-refractivity contribution is 5.82. The summed E-state index contributed by atoms with van der Waals surface area (Å²) >= 11 is 0. The van der Waals surface area contributed by atoms with Crippen LogP contribution in [0.5, 0.6) is 5.75 Å². The molecule has 0 unspecified atom stereocenters. The van der Waals surface area contributed by atoms with Gasteiger partial charge in [-0.3, -0.25) is 0 Å². The third-order valence-electron chi connectivity index (χ3n) is 2.98. The van der Waals surface area contributed by atoms with E-state index >= 15 is 0 Å². The van der Waals surface area contributed by atoms with Crippen molar-refractivity contribution < 1.29 is 9.67 Å². The number of aryl methyl sites for hydroxylation is 1. The molecule has 3 aromatic rings. The predicted molar refractivity (Wildman–Crippen MR) is 66.8 cm³/mol. The first-order valence-electron chi connectivity index (χ1n) is 5.71. The van der Waals surface area contributed by atoms with Crippen LogP contribution in [-0.2, 0) is 6.54 Å². The van der Waals surface area contributed by atoms with E-state index in [2.05, 4.69) is 22.5 Å². The van der Waals surface area contributed by atoms with Gasteiger partial charge < -0.3 is 5.11 Å². The zero-order chi connectivity index (χ0) is 11.8. The molecular formula is C14H13N2O+. The van der Waals surface area contributed by atoms with Crippen molar-refractivity contribution in [3.8, 4) is 5.75 Å². The van der Waals surface area contributed by atoms with E-state index in [9.17, 15) is 5.11 Å². The molecule has 1 N–H and O–H groups in total. The van der Waals surface area contributed by atoms with Crippen molar-refractivity contribution in [2.24, 2.45) is 0 Å². The fourth-order valence-corrected chi connectivity index (χ4v) is 2.21. The van der Waals surface area contributed by atoms with Crippen LogP contribution in [0.25, 0.3) is 22.1 Å². The molecule has 17 heavy (non-hydrogen) atoms. The van der Waals surface area contributed by atoms with Gasteiger partial charge in [-0.25, -0.2) is 4.98 Å². The second-order valence-corrected chi connectivity index (χ2v) is 4.02. The summed E-state index contributed by atoms with van der Waals surface area (Å²) in [6.45, 7) is 2.94. The smallest absolute Gasteiger partial charge is 0.235 e.